The summed E-state index contributed by atoms with van der Waals surface area (Å²) in [5, 5.41) is 1.17. The van der Waals surface area contributed by atoms with E-state index in [0.29, 0.717) is 12.9 Å². The van der Waals surface area contributed by atoms with Crippen molar-refractivity contribution in [2.45, 2.75) is 12.5 Å². The van der Waals surface area contributed by atoms with Crippen molar-refractivity contribution in [3.05, 3.63) is 36.0 Å². The summed E-state index contributed by atoms with van der Waals surface area (Å²) in [5.74, 6) is 0. The van der Waals surface area contributed by atoms with E-state index in [2.05, 4.69) is 15.8 Å². The van der Waals surface area contributed by atoms with Gasteiger partial charge in [-0.2, -0.15) is 0 Å². The minimum Gasteiger partial charge on any atom is -0.466 e. The van der Waals surface area contributed by atoms with Crippen molar-refractivity contribution in [3.63, 3.8) is 0 Å². The molecule has 1 heterocycles. The first-order chi connectivity index (χ1) is 7.81. The van der Waals surface area contributed by atoms with Crippen molar-refractivity contribution in [3.8, 4) is 0 Å². The molecule has 1 aromatic heterocycles. The van der Waals surface area contributed by atoms with Crippen molar-refractivity contribution in [1.29, 1.82) is 0 Å². The summed E-state index contributed by atoms with van der Waals surface area (Å²) in [6.07, 6.45) is 2.64. The highest BCUT2D eigenvalue weighted by Gasteiger charge is 2.08. The third-order valence-corrected chi connectivity index (χ3v) is 2.54. The number of ether oxygens (including phenoxy) is 1. The molecule has 84 valence electrons. The Morgan fingerprint density at radius 1 is 1.44 bits per heavy atom. The highest BCUT2D eigenvalue weighted by Crippen LogP contribution is 2.18. The van der Waals surface area contributed by atoms with Crippen LogP contribution >= 0.6 is 0 Å². The molecule has 0 fully saturated rings. The predicted molar refractivity (Wildman–Crippen MR) is 62.0 cm³/mol. The predicted octanol–water partition coefficient (Wildman–Crippen LogP) is 1.21. The first kappa shape index (κ1) is 10.7. The fourth-order valence-electron chi connectivity index (χ4n) is 1.80. The lowest BCUT2D eigenvalue weighted by atomic mass is 10.1. The minimum absolute atomic E-state index is 0.163. The van der Waals surface area contributed by atoms with Gasteiger partial charge in [-0.1, -0.05) is 18.2 Å². The third-order valence-electron chi connectivity index (χ3n) is 2.54. The molecule has 0 amide bonds. The summed E-state index contributed by atoms with van der Waals surface area (Å²) in [6.45, 7) is 0.679. The first-order valence-electron chi connectivity index (χ1n) is 5.17. The van der Waals surface area contributed by atoms with Crippen molar-refractivity contribution in [2.24, 2.45) is 5.73 Å². The van der Waals surface area contributed by atoms with E-state index < -0.39 is 0 Å². The molecule has 0 radical (unpaired) electrons. The van der Waals surface area contributed by atoms with E-state index >= 15 is 0 Å². The largest absolute Gasteiger partial charge is 0.466 e. The molecule has 0 unspecified atom stereocenters. The number of rotatable bonds is 5. The Labute approximate surface area is 93.4 Å². The number of hydrogen-bond acceptors (Lipinski definition) is 3. The van der Waals surface area contributed by atoms with Gasteiger partial charge < -0.3 is 15.5 Å². The van der Waals surface area contributed by atoms with Gasteiger partial charge in [0.1, 0.15) is 6.61 Å². The molecule has 0 saturated carbocycles. The molecule has 4 nitrogen and oxygen atoms in total. The van der Waals surface area contributed by atoms with Gasteiger partial charge in [0.15, 0.2) is 0 Å². The number of aromatic amines is 1. The van der Waals surface area contributed by atoms with Gasteiger partial charge in [-0.05, 0) is 18.1 Å². The molecule has 16 heavy (non-hydrogen) atoms. The smallest absolute Gasteiger partial charge is 0.293 e. The molecular weight excluding hydrogens is 204 g/mol. The van der Waals surface area contributed by atoms with Crippen LogP contribution in [0, 0.1) is 0 Å². The summed E-state index contributed by atoms with van der Waals surface area (Å²) in [6, 6.07) is 7.88. The van der Waals surface area contributed by atoms with Gasteiger partial charge in [0.05, 0.1) is 0 Å². The molecule has 0 bridgehead atoms. The van der Waals surface area contributed by atoms with Gasteiger partial charge >= 0.3 is 0 Å². The lowest BCUT2D eigenvalue weighted by molar-refractivity contribution is -0.129. The van der Waals surface area contributed by atoms with Crippen molar-refractivity contribution in [2.75, 3.05) is 6.61 Å². The van der Waals surface area contributed by atoms with Gasteiger partial charge in [0.2, 0.25) is 0 Å². The lowest BCUT2D eigenvalue weighted by Gasteiger charge is -2.08. The monoisotopic (exact) mass is 218 g/mol. The van der Waals surface area contributed by atoms with Crippen molar-refractivity contribution >= 4 is 17.4 Å². The average Bonchev–Trinajstić information content (AvgIpc) is 2.70. The SMILES string of the molecule is N[C@H](COC=O)Cc1c[nH]c2ccccc12. The second-order valence-electron chi connectivity index (χ2n) is 3.75. The van der Waals surface area contributed by atoms with Gasteiger partial charge in [-0.15, -0.1) is 0 Å². The molecule has 0 spiro atoms. The van der Waals surface area contributed by atoms with Crippen LogP contribution in [0.4, 0.5) is 0 Å². The second-order valence-corrected chi connectivity index (χ2v) is 3.75. The number of carbonyl (C=O) groups is 1. The van der Waals surface area contributed by atoms with E-state index in [4.69, 9.17) is 5.73 Å². The summed E-state index contributed by atoms with van der Waals surface area (Å²) in [4.78, 5) is 13.2. The fourth-order valence-corrected chi connectivity index (χ4v) is 1.80. The number of carbonyl (C=O) groups excluding carboxylic acids is 1. The Morgan fingerprint density at radius 3 is 3.06 bits per heavy atom. The maximum atomic E-state index is 10.0. The third kappa shape index (κ3) is 2.23. The van der Waals surface area contributed by atoms with E-state index in [9.17, 15) is 4.79 Å². The molecule has 3 N–H and O–H groups in total. The zero-order chi connectivity index (χ0) is 11.4. The van der Waals surface area contributed by atoms with Crippen LogP contribution in [-0.4, -0.2) is 24.1 Å². The van der Waals surface area contributed by atoms with Crippen LogP contribution in [0.2, 0.25) is 0 Å². The summed E-state index contributed by atoms with van der Waals surface area (Å²) in [5.41, 5.74) is 8.09. The highest BCUT2D eigenvalue weighted by atomic mass is 16.5. The molecule has 0 saturated heterocycles. The zero-order valence-electron chi connectivity index (χ0n) is 8.85. The first-order valence-corrected chi connectivity index (χ1v) is 5.17. The van der Waals surface area contributed by atoms with E-state index in [1.54, 1.807) is 0 Å². The number of fused-ring (bicyclic) bond motifs is 1. The van der Waals surface area contributed by atoms with Gasteiger partial charge in [-0.25, -0.2) is 0 Å². The molecule has 1 aromatic carbocycles. The Hall–Kier alpha value is -1.81. The molecule has 0 aliphatic carbocycles. The Balaban J connectivity index is 2.12. The number of para-hydroxylation sites is 1. The van der Waals surface area contributed by atoms with E-state index in [1.807, 2.05) is 24.4 Å². The van der Waals surface area contributed by atoms with Gasteiger partial charge in [-0.3, -0.25) is 4.79 Å². The van der Waals surface area contributed by atoms with E-state index in [0.717, 1.165) is 11.1 Å². The Kier molecular flexibility index (Phi) is 3.22. The zero-order valence-corrected chi connectivity index (χ0v) is 8.85. The van der Waals surface area contributed by atoms with Crippen LogP contribution in [0.25, 0.3) is 10.9 Å². The fraction of sp³-hybridized carbons (Fsp3) is 0.250. The van der Waals surface area contributed by atoms with Crippen LogP contribution in [0.1, 0.15) is 5.56 Å². The highest BCUT2D eigenvalue weighted by molar-refractivity contribution is 5.83. The second kappa shape index (κ2) is 4.81. The minimum atomic E-state index is -0.163. The Morgan fingerprint density at radius 2 is 2.25 bits per heavy atom. The molecular formula is C12H14N2O2. The van der Waals surface area contributed by atoms with E-state index in [1.165, 1.54) is 5.39 Å². The van der Waals surface area contributed by atoms with Crippen LogP contribution < -0.4 is 5.73 Å². The van der Waals surface area contributed by atoms with Crippen LogP contribution in [0.15, 0.2) is 30.5 Å². The topological polar surface area (TPSA) is 68.1 Å². The number of aromatic nitrogens is 1. The van der Waals surface area contributed by atoms with Gasteiger partial charge in [0.25, 0.3) is 6.47 Å². The molecule has 2 rings (SSSR count). The van der Waals surface area contributed by atoms with Crippen LogP contribution in [-0.2, 0) is 16.0 Å². The quantitative estimate of drug-likeness (QED) is 0.741. The number of nitrogens with one attached hydrogen (secondary N) is 1. The molecule has 0 aliphatic heterocycles. The van der Waals surface area contributed by atoms with Crippen LogP contribution in [0.3, 0.4) is 0 Å². The molecule has 0 aliphatic rings. The van der Waals surface area contributed by atoms with Crippen molar-refractivity contribution < 1.29 is 9.53 Å². The summed E-state index contributed by atoms with van der Waals surface area (Å²) >= 11 is 0. The number of H-pyrrole nitrogens is 1. The van der Waals surface area contributed by atoms with Crippen molar-refractivity contribution in [1.82, 2.24) is 4.98 Å². The number of benzene rings is 1. The number of nitrogens with two attached hydrogens (primary N) is 1. The lowest BCUT2D eigenvalue weighted by Crippen LogP contribution is -2.28. The summed E-state index contributed by atoms with van der Waals surface area (Å²) < 4.78 is 4.64. The number of hydrogen-bond donors (Lipinski definition) is 2. The van der Waals surface area contributed by atoms with Crippen LogP contribution in [0.5, 0.6) is 0 Å². The summed E-state index contributed by atoms with van der Waals surface area (Å²) in [7, 11) is 0. The normalized spacial score (nSPS) is 12.6. The Bertz CT molecular complexity index is 479. The molecule has 2 aromatic rings. The molecule has 1 atom stereocenters. The standard InChI is InChI=1S/C12H14N2O2/c13-10(7-16-8-15)5-9-6-14-12-4-2-1-3-11(9)12/h1-4,6,8,10,14H,5,7,13H2/t10-/m0/s1. The van der Waals surface area contributed by atoms with Gasteiger partial charge in [0, 0.05) is 23.1 Å². The average molecular weight is 218 g/mol. The maximum Gasteiger partial charge on any atom is 0.293 e. The molecule has 4 heteroatoms. The maximum absolute atomic E-state index is 10.0. The van der Waals surface area contributed by atoms with E-state index in [-0.39, 0.29) is 12.6 Å².